The summed E-state index contributed by atoms with van der Waals surface area (Å²) in [5.74, 6) is 1.44. The molecule has 0 amide bonds. The van der Waals surface area contributed by atoms with Crippen molar-refractivity contribution in [1.29, 1.82) is 0 Å². The number of aliphatic hydroxyl groups is 1. The molecular weight excluding hydrogens is 320 g/mol. The maximum Gasteiger partial charge on any atom is 0.125 e. The Kier molecular flexibility index (Phi) is 5.04. The normalized spacial score (nSPS) is 12.0. The van der Waals surface area contributed by atoms with E-state index in [9.17, 15) is 5.11 Å². The number of hydrogen-bond donors (Lipinski definition) is 1. The van der Waals surface area contributed by atoms with Gasteiger partial charge in [-0.05, 0) is 30.7 Å². The molecular formula is C16H17BrO3. The molecule has 2 rings (SSSR count). The molecule has 3 nitrogen and oxygen atoms in total. The van der Waals surface area contributed by atoms with Gasteiger partial charge in [0, 0.05) is 10.0 Å². The number of rotatable bonds is 5. The molecule has 0 saturated heterocycles. The Morgan fingerprint density at radius 2 is 1.90 bits per heavy atom. The van der Waals surface area contributed by atoms with Gasteiger partial charge in [0.25, 0.3) is 0 Å². The number of hydrogen-bond acceptors (Lipinski definition) is 3. The topological polar surface area (TPSA) is 38.7 Å². The standard InChI is InChI=1S/C16H17BrO3/c1-3-20-15-7-5-4-6-13(15)16(18)12-9-8-11(19-2)10-14(12)17/h4-10,16,18H,3H2,1-2H3. The molecule has 20 heavy (non-hydrogen) atoms. The molecule has 1 N–H and O–H groups in total. The molecule has 0 spiro atoms. The number of halogens is 1. The van der Waals surface area contributed by atoms with Crippen LogP contribution in [0.4, 0.5) is 0 Å². The van der Waals surface area contributed by atoms with E-state index in [0.29, 0.717) is 12.4 Å². The Bertz CT molecular complexity index is 584. The number of para-hydroxylation sites is 1. The lowest BCUT2D eigenvalue weighted by Crippen LogP contribution is -2.04. The fraction of sp³-hybridized carbons (Fsp3) is 0.250. The minimum atomic E-state index is -0.752. The molecule has 4 heteroatoms. The summed E-state index contributed by atoms with van der Waals surface area (Å²) in [4.78, 5) is 0. The summed E-state index contributed by atoms with van der Waals surface area (Å²) in [5, 5.41) is 10.6. The van der Waals surface area contributed by atoms with Crippen LogP contribution in [0.5, 0.6) is 11.5 Å². The van der Waals surface area contributed by atoms with Crippen LogP contribution < -0.4 is 9.47 Å². The average Bonchev–Trinajstić information content (AvgIpc) is 2.47. The van der Waals surface area contributed by atoms with Gasteiger partial charge in [-0.2, -0.15) is 0 Å². The van der Waals surface area contributed by atoms with Crippen molar-refractivity contribution in [3.05, 3.63) is 58.1 Å². The highest BCUT2D eigenvalue weighted by atomic mass is 79.9. The van der Waals surface area contributed by atoms with Crippen molar-refractivity contribution in [2.45, 2.75) is 13.0 Å². The molecule has 1 unspecified atom stereocenters. The summed E-state index contributed by atoms with van der Waals surface area (Å²) in [6.07, 6.45) is -0.752. The second-order valence-electron chi connectivity index (χ2n) is 4.26. The summed E-state index contributed by atoms with van der Waals surface area (Å²) >= 11 is 3.47. The molecule has 0 aliphatic heterocycles. The Labute approximate surface area is 127 Å². The molecule has 0 aromatic heterocycles. The third-order valence-corrected chi connectivity index (χ3v) is 3.70. The molecule has 2 aromatic rings. The number of methoxy groups -OCH3 is 1. The SMILES string of the molecule is CCOc1ccccc1C(O)c1ccc(OC)cc1Br. The summed E-state index contributed by atoms with van der Waals surface area (Å²) in [5.41, 5.74) is 1.53. The summed E-state index contributed by atoms with van der Waals surface area (Å²) in [6.45, 7) is 2.49. The maximum atomic E-state index is 10.6. The zero-order chi connectivity index (χ0) is 14.5. The molecule has 0 aliphatic rings. The third kappa shape index (κ3) is 3.14. The van der Waals surface area contributed by atoms with Crippen LogP contribution in [-0.4, -0.2) is 18.8 Å². The van der Waals surface area contributed by atoms with E-state index >= 15 is 0 Å². The van der Waals surface area contributed by atoms with E-state index in [0.717, 1.165) is 21.3 Å². The zero-order valence-electron chi connectivity index (χ0n) is 11.5. The molecule has 0 bridgehead atoms. The van der Waals surface area contributed by atoms with Crippen LogP contribution in [0.3, 0.4) is 0 Å². The van der Waals surface area contributed by atoms with Crippen molar-refractivity contribution in [2.24, 2.45) is 0 Å². The number of aliphatic hydroxyl groups excluding tert-OH is 1. The zero-order valence-corrected chi connectivity index (χ0v) is 13.1. The van der Waals surface area contributed by atoms with Gasteiger partial charge in [0.05, 0.1) is 13.7 Å². The van der Waals surface area contributed by atoms with Crippen LogP contribution in [0.25, 0.3) is 0 Å². The van der Waals surface area contributed by atoms with E-state index in [1.807, 2.05) is 49.4 Å². The Hall–Kier alpha value is -1.52. The second-order valence-corrected chi connectivity index (χ2v) is 5.12. The maximum absolute atomic E-state index is 10.6. The second kappa shape index (κ2) is 6.77. The van der Waals surface area contributed by atoms with Crippen molar-refractivity contribution >= 4 is 15.9 Å². The fourth-order valence-electron chi connectivity index (χ4n) is 2.02. The van der Waals surface area contributed by atoms with Crippen LogP contribution in [0, 0.1) is 0 Å². The first-order chi connectivity index (χ1) is 9.67. The Balaban J connectivity index is 2.38. The van der Waals surface area contributed by atoms with Crippen molar-refractivity contribution in [3.8, 4) is 11.5 Å². The van der Waals surface area contributed by atoms with Gasteiger partial charge in [-0.3, -0.25) is 0 Å². The van der Waals surface area contributed by atoms with Gasteiger partial charge in [0.15, 0.2) is 0 Å². The molecule has 106 valence electrons. The van der Waals surface area contributed by atoms with E-state index in [1.54, 1.807) is 7.11 Å². The molecule has 0 aliphatic carbocycles. The summed E-state index contributed by atoms with van der Waals surface area (Å²) in [6, 6.07) is 13.0. The number of benzene rings is 2. The van der Waals surface area contributed by atoms with E-state index in [4.69, 9.17) is 9.47 Å². The van der Waals surface area contributed by atoms with Crippen molar-refractivity contribution in [2.75, 3.05) is 13.7 Å². The highest BCUT2D eigenvalue weighted by Crippen LogP contribution is 2.35. The van der Waals surface area contributed by atoms with Crippen LogP contribution in [0.15, 0.2) is 46.9 Å². The van der Waals surface area contributed by atoms with Crippen molar-refractivity contribution in [1.82, 2.24) is 0 Å². The van der Waals surface area contributed by atoms with Gasteiger partial charge >= 0.3 is 0 Å². The van der Waals surface area contributed by atoms with E-state index in [1.165, 1.54) is 0 Å². The number of ether oxygens (including phenoxy) is 2. The monoisotopic (exact) mass is 336 g/mol. The minimum Gasteiger partial charge on any atom is -0.497 e. The predicted octanol–water partition coefficient (Wildman–Crippen LogP) is 3.94. The molecule has 0 heterocycles. The average molecular weight is 337 g/mol. The van der Waals surface area contributed by atoms with Crippen LogP contribution in [0.2, 0.25) is 0 Å². The lowest BCUT2D eigenvalue weighted by Gasteiger charge is -2.17. The first kappa shape index (κ1) is 14.9. The van der Waals surface area contributed by atoms with Crippen LogP contribution in [-0.2, 0) is 0 Å². The van der Waals surface area contributed by atoms with Gasteiger partial charge in [-0.25, -0.2) is 0 Å². The van der Waals surface area contributed by atoms with Gasteiger partial charge in [-0.15, -0.1) is 0 Å². The Morgan fingerprint density at radius 1 is 1.15 bits per heavy atom. The highest BCUT2D eigenvalue weighted by molar-refractivity contribution is 9.10. The first-order valence-electron chi connectivity index (χ1n) is 6.40. The predicted molar refractivity (Wildman–Crippen MR) is 82.4 cm³/mol. The lowest BCUT2D eigenvalue weighted by molar-refractivity contribution is 0.211. The van der Waals surface area contributed by atoms with Gasteiger partial charge in [-0.1, -0.05) is 40.2 Å². The highest BCUT2D eigenvalue weighted by Gasteiger charge is 2.18. The van der Waals surface area contributed by atoms with Gasteiger partial charge in [0.1, 0.15) is 17.6 Å². The van der Waals surface area contributed by atoms with Crippen molar-refractivity contribution in [3.63, 3.8) is 0 Å². The smallest absolute Gasteiger partial charge is 0.125 e. The van der Waals surface area contributed by atoms with E-state index in [2.05, 4.69) is 15.9 Å². The summed E-state index contributed by atoms with van der Waals surface area (Å²) < 4.78 is 11.5. The molecule has 0 saturated carbocycles. The van der Waals surface area contributed by atoms with E-state index in [-0.39, 0.29) is 0 Å². The lowest BCUT2D eigenvalue weighted by atomic mass is 10.0. The molecule has 2 aromatic carbocycles. The summed E-state index contributed by atoms with van der Waals surface area (Å²) in [7, 11) is 1.61. The fourth-order valence-corrected chi connectivity index (χ4v) is 2.59. The van der Waals surface area contributed by atoms with Gasteiger partial charge in [0.2, 0.25) is 0 Å². The van der Waals surface area contributed by atoms with E-state index < -0.39 is 6.10 Å². The van der Waals surface area contributed by atoms with Crippen LogP contribution >= 0.6 is 15.9 Å². The quantitative estimate of drug-likeness (QED) is 0.898. The largest absolute Gasteiger partial charge is 0.497 e. The molecule has 0 fully saturated rings. The molecule has 0 radical (unpaired) electrons. The van der Waals surface area contributed by atoms with Gasteiger partial charge < -0.3 is 14.6 Å². The van der Waals surface area contributed by atoms with Crippen molar-refractivity contribution < 1.29 is 14.6 Å². The Morgan fingerprint density at radius 3 is 2.55 bits per heavy atom. The minimum absolute atomic E-state index is 0.563. The molecule has 1 atom stereocenters. The van der Waals surface area contributed by atoms with Crippen LogP contribution in [0.1, 0.15) is 24.2 Å². The third-order valence-electron chi connectivity index (χ3n) is 3.02. The first-order valence-corrected chi connectivity index (χ1v) is 7.20.